The van der Waals surface area contributed by atoms with Crippen LogP contribution in [0.4, 0.5) is 0 Å². The first-order valence-corrected chi connectivity index (χ1v) is 6.16. The van der Waals surface area contributed by atoms with Gasteiger partial charge in [-0.15, -0.1) is 0 Å². The topological polar surface area (TPSA) is 51.8 Å². The molecule has 0 N–H and O–H groups in total. The van der Waals surface area contributed by atoms with E-state index in [4.69, 9.17) is 20.9 Å². The summed E-state index contributed by atoms with van der Waals surface area (Å²) in [4.78, 5) is 16.0. The molecule has 0 atom stereocenters. The molecule has 0 aliphatic rings. The third-order valence-electron chi connectivity index (χ3n) is 2.40. The fourth-order valence-electron chi connectivity index (χ4n) is 1.42. The van der Waals surface area contributed by atoms with Crippen molar-refractivity contribution in [3.63, 3.8) is 0 Å². The molecule has 19 heavy (non-hydrogen) atoms. The summed E-state index contributed by atoms with van der Waals surface area (Å²) in [6, 6.07) is 10.5. The number of hydrogen-bond acceptors (Lipinski definition) is 4. The summed E-state index contributed by atoms with van der Waals surface area (Å²) in [6.45, 7) is 1.70. The maximum absolute atomic E-state index is 11.2. The summed E-state index contributed by atoms with van der Waals surface area (Å²) < 4.78 is 5.29. The Kier molecular flexibility index (Phi) is 4.36. The van der Waals surface area contributed by atoms with Crippen molar-refractivity contribution < 1.29 is 14.0 Å². The molecule has 0 aliphatic carbocycles. The Morgan fingerprint density at radius 2 is 2.05 bits per heavy atom. The summed E-state index contributed by atoms with van der Waals surface area (Å²) in [5.41, 5.74) is 1.20. The van der Waals surface area contributed by atoms with Crippen LogP contribution in [0.15, 0.2) is 52.2 Å². The third kappa shape index (κ3) is 3.45. The Balaban J connectivity index is 2.34. The van der Waals surface area contributed by atoms with Crippen LogP contribution in [0.25, 0.3) is 0 Å². The maximum Gasteiger partial charge on any atom is 0.334 e. The van der Waals surface area contributed by atoms with Crippen molar-refractivity contribution in [2.75, 3.05) is 0 Å². The minimum absolute atomic E-state index is 0.259. The average Bonchev–Trinajstić information content (AvgIpc) is 2.94. The second kappa shape index (κ2) is 6.20. The molecule has 98 valence electrons. The number of carbonyl (C=O) groups is 1. The van der Waals surface area contributed by atoms with E-state index in [0.29, 0.717) is 16.5 Å². The predicted octanol–water partition coefficient (Wildman–Crippen LogP) is 3.64. The number of carbonyl (C=O) groups excluding carboxylic acids is 1. The summed E-state index contributed by atoms with van der Waals surface area (Å²) in [7, 11) is 0. The van der Waals surface area contributed by atoms with Crippen LogP contribution in [0.1, 0.15) is 24.7 Å². The minimum atomic E-state index is -0.405. The second-order valence-corrected chi connectivity index (χ2v) is 4.18. The van der Waals surface area contributed by atoms with Gasteiger partial charge in [-0.2, -0.15) is 0 Å². The van der Waals surface area contributed by atoms with E-state index in [2.05, 4.69) is 5.16 Å². The first kappa shape index (κ1) is 13.4. The lowest BCUT2D eigenvalue weighted by Crippen LogP contribution is -2.06. The van der Waals surface area contributed by atoms with Gasteiger partial charge in [0.2, 0.25) is 0 Å². The molecule has 0 bridgehead atoms. The Morgan fingerprint density at radius 1 is 1.32 bits per heavy atom. The number of oxime groups is 1. The molecule has 0 spiro atoms. The monoisotopic (exact) mass is 277 g/mol. The molecular formula is C14H12ClNO3. The van der Waals surface area contributed by atoms with Gasteiger partial charge in [-0.3, -0.25) is 0 Å². The summed E-state index contributed by atoms with van der Waals surface area (Å²) in [5.74, 6) is 0.115. The SMILES string of the molecule is CCC(=O)O/N=C(/c1ccc(Cl)cc1)c1ccco1. The van der Waals surface area contributed by atoms with Gasteiger partial charge in [-0.1, -0.05) is 35.8 Å². The van der Waals surface area contributed by atoms with E-state index >= 15 is 0 Å². The van der Waals surface area contributed by atoms with Gasteiger partial charge in [0.05, 0.1) is 6.26 Å². The van der Waals surface area contributed by atoms with Crippen molar-refractivity contribution >= 4 is 23.3 Å². The number of hydrogen-bond donors (Lipinski definition) is 0. The first-order chi connectivity index (χ1) is 9.20. The number of furan rings is 1. The van der Waals surface area contributed by atoms with Crippen molar-refractivity contribution in [3.8, 4) is 0 Å². The van der Waals surface area contributed by atoms with E-state index in [1.165, 1.54) is 6.26 Å². The summed E-state index contributed by atoms with van der Waals surface area (Å²) >= 11 is 5.84. The zero-order valence-electron chi connectivity index (χ0n) is 10.3. The van der Waals surface area contributed by atoms with Gasteiger partial charge in [0.1, 0.15) is 0 Å². The van der Waals surface area contributed by atoms with Crippen LogP contribution in [-0.4, -0.2) is 11.7 Å². The van der Waals surface area contributed by atoms with Crippen LogP contribution in [0.2, 0.25) is 5.02 Å². The van der Waals surface area contributed by atoms with Crippen molar-refractivity contribution in [2.45, 2.75) is 13.3 Å². The van der Waals surface area contributed by atoms with Gasteiger partial charge in [0.25, 0.3) is 0 Å². The molecule has 0 aliphatic heterocycles. The van der Waals surface area contributed by atoms with E-state index in [-0.39, 0.29) is 6.42 Å². The van der Waals surface area contributed by atoms with E-state index in [1.54, 1.807) is 43.3 Å². The molecule has 0 saturated carbocycles. The van der Waals surface area contributed by atoms with Crippen molar-refractivity contribution in [1.82, 2.24) is 0 Å². The summed E-state index contributed by atoms with van der Waals surface area (Å²) in [6.07, 6.45) is 1.79. The number of benzene rings is 1. The van der Waals surface area contributed by atoms with Crippen LogP contribution in [0.3, 0.4) is 0 Å². The largest absolute Gasteiger partial charge is 0.463 e. The van der Waals surface area contributed by atoms with Gasteiger partial charge < -0.3 is 9.25 Å². The van der Waals surface area contributed by atoms with Crippen LogP contribution in [0.5, 0.6) is 0 Å². The van der Waals surface area contributed by atoms with E-state index < -0.39 is 5.97 Å². The van der Waals surface area contributed by atoms with Crippen molar-refractivity contribution in [2.24, 2.45) is 5.16 Å². The molecule has 1 aromatic carbocycles. The first-order valence-electron chi connectivity index (χ1n) is 5.78. The Morgan fingerprint density at radius 3 is 2.63 bits per heavy atom. The van der Waals surface area contributed by atoms with Crippen LogP contribution in [0, 0.1) is 0 Å². The standard InChI is InChI=1S/C14H12ClNO3/c1-2-13(17)19-16-14(12-4-3-9-18-12)10-5-7-11(15)8-6-10/h3-9H,2H2,1H3/b16-14-. The molecule has 0 amide bonds. The Hall–Kier alpha value is -2.07. The Labute approximate surface area is 115 Å². The molecule has 0 fully saturated rings. The highest BCUT2D eigenvalue weighted by Crippen LogP contribution is 2.15. The zero-order chi connectivity index (χ0) is 13.7. The number of nitrogens with zero attached hydrogens (tertiary/aromatic N) is 1. The molecule has 5 heteroatoms. The lowest BCUT2D eigenvalue weighted by atomic mass is 10.1. The van der Waals surface area contributed by atoms with Crippen LogP contribution >= 0.6 is 11.6 Å². The highest BCUT2D eigenvalue weighted by Gasteiger charge is 2.12. The molecule has 1 heterocycles. The van der Waals surface area contributed by atoms with Crippen molar-refractivity contribution in [3.05, 3.63) is 59.0 Å². The number of halogens is 1. The molecule has 2 aromatic rings. The van der Waals surface area contributed by atoms with Crippen LogP contribution in [-0.2, 0) is 9.63 Å². The lowest BCUT2D eigenvalue weighted by Gasteiger charge is -2.03. The lowest BCUT2D eigenvalue weighted by molar-refractivity contribution is -0.143. The number of rotatable bonds is 4. The molecule has 0 unspecified atom stereocenters. The van der Waals surface area contributed by atoms with Crippen molar-refractivity contribution in [1.29, 1.82) is 0 Å². The van der Waals surface area contributed by atoms with E-state index in [0.717, 1.165) is 5.56 Å². The van der Waals surface area contributed by atoms with Crippen LogP contribution < -0.4 is 0 Å². The fraction of sp³-hybridized carbons (Fsp3) is 0.143. The minimum Gasteiger partial charge on any atom is -0.463 e. The molecule has 0 radical (unpaired) electrons. The van der Waals surface area contributed by atoms with Gasteiger partial charge in [-0.05, 0) is 24.3 Å². The third-order valence-corrected chi connectivity index (χ3v) is 2.65. The normalized spacial score (nSPS) is 11.4. The summed E-state index contributed by atoms with van der Waals surface area (Å²) in [5, 5.41) is 4.49. The molecule has 0 saturated heterocycles. The fourth-order valence-corrected chi connectivity index (χ4v) is 1.55. The van der Waals surface area contributed by atoms with Gasteiger partial charge >= 0.3 is 5.97 Å². The quantitative estimate of drug-likeness (QED) is 0.487. The molecule has 1 aromatic heterocycles. The van der Waals surface area contributed by atoms with E-state index in [9.17, 15) is 4.79 Å². The molecule has 2 rings (SSSR count). The highest BCUT2D eigenvalue weighted by molar-refractivity contribution is 6.30. The zero-order valence-corrected chi connectivity index (χ0v) is 11.1. The second-order valence-electron chi connectivity index (χ2n) is 3.74. The van der Waals surface area contributed by atoms with E-state index in [1.807, 2.05) is 0 Å². The average molecular weight is 278 g/mol. The molecular weight excluding hydrogens is 266 g/mol. The maximum atomic E-state index is 11.2. The smallest absolute Gasteiger partial charge is 0.334 e. The van der Waals surface area contributed by atoms with Gasteiger partial charge in [0, 0.05) is 17.0 Å². The molecule has 4 nitrogen and oxygen atoms in total. The highest BCUT2D eigenvalue weighted by atomic mass is 35.5. The van der Waals surface area contributed by atoms with Gasteiger partial charge in [0.15, 0.2) is 11.5 Å². The van der Waals surface area contributed by atoms with Gasteiger partial charge in [-0.25, -0.2) is 4.79 Å². The predicted molar refractivity (Wildman–Crippen MR) is 72.2 cm³/mol. The Bertz CT molecular complexity index is 573.